The summed E-state index contributed by atoms with van der Waals surface area (Å²) in [5.74, 6) is 0.302. The Balaban J connectivity index is 2.31. The Morgan fingerprint density at radius 2 is 2.25 bits per heavy atom. The maximum atomic E-state index is 11.6. The maximum absolute atomic E-state index is 11.6. The second kappa shape index (κ2) is 5.81. The van der Waals surface area contributed by atoms with Crippen LogP contribution in [-0.2, 0) is 16.4 Å². The van der Waals surface area contributed by atoms with Crippen molar-refractivity contribution in [1.29, 1.82) is 5.26 Å². The maximum Gasteiger partial charge on any atom is 0.154 e. The molecule has 1 aromatic carbocycles. The first-order valence-corrected chi connectivity index (χ1v) is 8.43. The van der Waals surface area contributed by atoms with Crippen LogP contribution in [0.15, 0.2) is 18.2 Å². The van der Waals surface area contributed by atoms with E-state index in [1.807, 2.05) is 37.1 Å². The van der Waals surface area contributed by atoms with Gasteiger partial charge in [-0.25, -0.2) is 8.42 Å². The Morgan fingerprint density at radius 1 is 1.50 bits per heavy atom. The smallest absolute Gasteiger partial charge is 0.154 e. The average Bonchev–Trinajstić information content (AvgIpc) is 2.39. The molecule has 1 N–H and O–H groups in total. The van der Waals surface area contributed by atoms with Crippen molar-refractivity contribution in [3.05, 3.63) is 29.3 Å². The number of benzene rings is 1. The first-order chi connectivity index (χ1) is 9.46. The van der Waals surface area contributed by atoms with E-state index in [9.17, 15) is 13.7 Å². The highest BCUT2D eigenvalue weighted by atomic mass is 32.2. The number of anilines is 1. The molecule has 0 bridgehead atoms. The molecule has 0 saturated carbocycles. The Hall–Kier alpha value is -1.58. The number of sulfone groups is 1. The quantitative estimate of drug-likeness (QED) is 0.896. The van der Waals surface area contributed by atoms with Crippen LogP contribution >= 0.6 is 0 Å². The van der Waals surface area contributed by atoms with Crippen LogP contribution in [0.1, 0.15) is 18.1 Å². The van der Waals surface area contributed by atoms with E-state index in [-0.39, 0.29) is 17.5 Å². The molecule has 20 heavy (non-hydrogen) atoms. The topological polar surface area (TPSA) is 73.2 Å². The zero-order valence-electron chi connectivity index (χ0n) is 11.8. The summed E-state index contributed by atoms with van der Waals surface area (Å²) in [6.45, 7) is 3.04. The summed E-state index contributed by atoms with van der Waals surface area (Å²) < 4.78 is 23.3. The molecule has 0 aromatic heterocycles. The minimum absolute atomic E-state index is 0.101. The predicted molar refractivity (Wildman–Crippen MR) is 79.4 cm³/mol. The molecule has 6 heteroatoms. The highest BCUT2D eigenvalue weighted by molar-refractivity contribution is 7.91. The van der Waals surface area contributed by atoms with Gasteiger partial charge in [0.1, 0.15) is 6.07 Å². The summed E-state index contributed by atoms with van der Waals surface area (Å²) in [6, 6.07) is 7.87. The van der Waals surface area contributed by atoms with Crippen molar-refractivity contribution in [2.24, 2.45) is 0 Å². The summed E-state index contributed by atoms with van der Waals surface area (Å²) in [5.41, 5.74) is 2.48. The van der Waals surface area contributed by atoms with Crippen LogP contribution in [0.4, 0.5) is 5.69 Å². The number of nitrogens with one attached hydrogen (secondary N) is 1. The van der Waals surface area contributed by atoms with Crippen molar-refractivity contribution in [2.45, 2.75) is 19.5 Å². The molecule has 1 aliphatic rings. The first-order valence-electron chi connectivity index (χ1n) is 6.61. The molecular formula is C14H19N3O2S. The van der Waals surface area contributed by atoms with Gasteiger partial charge in [0.2, 0.25) is 0 Å². The van der Waals surface area contributed by atoms with Gasteiger partial charge in [0.05, 0.1) is 22.8 Å². The second-order valence-electron chi connectivity index (χ2n) is 5.15. The van der Waals surface area contributed by atoms with E-state index in [0.717, 1.165) is 11.3 Å². The predicted octanol–water partition coefficient (Wildman–Crippen LogP) is 0.901. The van der Waals surface area contributed by atoms with E-state index in [1.165, 1.54) is 0 Å². The second-order valence-corrected chi connectivity index (χ2v) is 7.38. The fourth-order valence-corrected chi connectivity index (χ4v) is 4.15. The summed E-state index contributed by atoms with van der Waals surface area (Å²) in [4.78, 5) is 2.02. The van der Waals surface area contributed by atoms with Crippen molar-refractivity contribution in [3.63, 3.8) is 0 Å². The summed E-state index contributed by atoms with van der Waals surface area (Å²) in [5, 5.41) is 12.4. The van der Waals surface area contributed by atoms with Gasteiger partial charge in [-0.1, -0.05) is 6.07 Å². The van der Waals surface area contributed by atoms with Crippen LogP contribution in [0, 0.1) is 11.3 Å². The van der Waals surface area contributed by atoms with E-state index in [4.69, 9.17) is 0 Å². The zero-order valence-corrected chi connectivity index (χ0v) is 12.6. The van der Waals surface area contributed by atoms with Gasteiger partial charge in [-0.3, -0.25) is 0 Å². The number of nitrogens with zero attached hydrogens (tertiary/aromatic N) is 2. The summed E-state index contributed by atoms with van der Waals surface area (Å²) in [6.07, 6.45) is 0. The van der Waals surface area contributed by atoms with Crippen molar-refractivity contribution < 1.29 is 8.42 Å². The number of nitriles is 1. The Labute approximate surface area is 120 Å². The van der Waals surface area contributed by atoms with Crippen LogP contribution in [0.25, 0.3) is 0 Å². The fraction of sp³-hybridized carbons (Fsp3) is 0.500. The van der Waals surface area contributed by atoms with E-state index in [2.05, 4.69) is 11.4 Å². The number of hydrogen-bond acceptors (Lipinski definition) is 5. The highest BCUT2D eigenvalue weighted by Crippen LogP contribution is 2.26. The standard InChI is InChI=1S/C14H19N3O2S/c1-11-10-20(18,19)6-5-17(11)14-4-3-12(9-16-2)7-13(14)8-15/h3-4,7,11,16H,5-6,9-10H2,1-2H3. The lowest BCUT2D eigenvalue weighted by atomic mass is 10.1. The SMILES string of the molecule is CNCc1ccc(N2CCS(=O)(=O)CC2C)c(C#N)c1. The lowest BCUT2D eigenvalue weighted by Crippen LogP contribution is -2.47. The van der Waals surface area contributed by atoms with Gasteiger partial charge in [-0.2, -0.15) is 5.26 Å². The van der Waals surface area contributed by atoms with Gasteiger partial charge in [0.15, 0.2) is 9.84 Å². The van der Waals surface area contributed by atoms with Crippen molar-refractivity contribution in [3.8, 4) is 6.07 Å². The van der Waals surface area contributed by atoms with Crippen molar-refractivity contribution in [1.82, 2.24) is 5.32 Å². The van der Waals surface area contributed by atoms with E-state index in [0.29, 0.717) is 18.7 Å². The minimum Gasteiger partial charge on any atom is -0.366 e. The molecular weight excluding hydrogens is 274 g/mol. The molecule has 1 aromatic rings. The summed E-state index contributed by atoms with van der Waals surface area (Å²) >= 11 is 0. The third-order valence-electron chi connectivity index (χ3n) is 3.54. The van der Waals surface area contributed by atoms with Gasteiger partial charge >= 0.3 is 0 Å². The molecule has 1 unspecified atom stereocenters. The summed E-state index contributed by atoms with van der Waals surface area (Å²) in [7, 11) is -1.09. The Bertz CT molecular complexity index is 634. The molecule has 2 rings (SSSR count). The van der Waals surface area contributed by atoms with Gasteiger partial charge in [0, 0.05) is 19.1 Å². The van der Waals surface area contributed by atoms with Gasteiger partial charge < -0.3 is 10.2 Å². The van der Waals surface area contributed by atoms with Crippen LogP contribution in [0.3, 0.4) is 0 Å². The van der Waals surface area contributed by atoms with Crippen molar-refractivity contribution >= 4 is 15.5 Å². The van der Waals surface area contributed by atoms with Crippen LogP contribution in [0.5, 0.6) is 0 Å². The van der Waals surface area contributed by atoms with Crippen LogP contribution in [-0.4, -0.2) is 39.6 Å². The van der Waals surface area contributed by atoms with Gasteiger partial charge in [-0.05, 0) is 31.7 Å². The van der Waals surface area contributed by atoms with Crippen LogP contribution in [0.2, 0.25) is 0 Å². The Morgan fingerprint density at radius 3 is 2.85 bits per heavy atom. The minimum atomic E-state index is -2.94. The third kappa shape index (κ3) is 3.11. The molecule has 0 aliphatic carbocycles. The molecule has 1 fully saturated rings. The molecule has 1 saturated heterocycles. The molecule has 1 heterocycles. The Kier molecular flexibility index (Phi) is 4.31. The monoisotopic (exact) mass is 293 g/mol. The molecule has 0 amide bonds. The average molecular weight is 293 g/mol. The van der Waals surface area contributed by atoms with E-state index >= 15 is 0 Å². The molecule has 1 atom stereocenters. The fourth-order valence-electron chi connectivity index (χ4n) is 2.59. The molecule has 0 spiro atoms. The molecule has 0 radical (unpaired) electrons. The molecule has 108 valence electrons. The van der Waals surface area contributed by atoms with Gasteiger partial charge in [-0.15, -0.1) is 0 Å². The largest absolute Gasteiger partial charge is 0.366 e. The third-order valence-corrected chi connectivity index (χ3v) is 5.34. The zero-order chi connectivity index (χ0) is 14.8. The van der Waals surface area contributed by atoms with E-state index in [1.54, 1.807) is 0 Å². The molecule has 5 nitrogen and oxygen atoms in total. The normalized spacial score (nSPS) is 21.4. The lowest BCUT2D eigenvalue weighted by Gasteiger charge is -2.35. The lowest BCUT2D eigenvalue weighted by molar-refractivity contribution is 0.568. The molecule has 1 aliphatic heterocycles. The van der Waals surface area contributed by atoms with E-state index < -0.39 is 9.84 Å². The van der Waals surface area contributed by atoms with Crippen LogP contribution < -0.4 is 10.2 Å². The highest BCUT2D eigenvalue weighted by Gasteiger charge is 2.29. The first kappa shape index (κ1) is 14.8. The number of rotatable bonds is 3. The number of hydrogen-bond donors (Lipinski definition) is 1. The van der Waals surface area contributed by atoms with Gasteiger partial charge in [0.25, 0.3) is 0 Å². The van der Waals surface area contributed by atoms with Crippen molar-refractivity contribution in [2.75, 3.05) is 30.0 Å².